The summed E-state index contributed by atoms with van der Waals surface area (Å²) in [5, 5.41) is 17.4. The van der Waals surface area contributed by atoms with E-state index in [4.69, 9.17) is 20.8 Å². The minimum Gasteiger partial charge on any atom is -0.467 e. The third kappa shape index (κ3) is 4.93. The molecule has 4 aromatic rings. The molecule has 0 bridgehead atoms. The van der Waals surface area contributed by atoms with Gasteiger partial charge in [-0.3, -0.25) is 14.0 Å². The summed E-state index contributed by atoms with van der Waals surface area (Å²) < 4.78 is 13.9. The lowest BCUT2D eigenvalue weighted by molar-refractivity contribution is -0.113. The summed E-state index contributed by atoms with van der Waals surface area (Å²) in [5.41, 5.74) is 1.96. The average Bonchev–Trinajstić information content (AvgIpc) is 3.64. The van der Waals surface area contributed by atoms with Crippen molar-refractivity contribution in [2.45, 2.75) is 37.4 Å². The van der Waals surface area contributed by atoms with Crippen LogP contribution in [0.2, 0.25) is 5.02 Å². The van der Waals surface area contributed by atoms with Crippen molar-refractivity contribution < 1.29 is 18.7 Å². The fourth-order valence-corrected chi connectivity index (χ4v) is 6.44. The van der Waals surface area contributed by atoms with Crippen molar-refractivity contribution in [2.24, 2.45) is 7.05 Å². The quantitative estimate of drug-likeness (QED) is 0.255. The van der Waals surface area contributed by atoms with Gasteiger partial charge in [0.1, 0.15) is 16.5 Å². The monoisotopic (exact) mass is 546 g/mol. The molecular formula is C23H23ClN6O4S2. The number of fused-ring (bicyclic) bond motifs is 1. The number of furan rings is 1. The Morgan fingerprint density at radius 3 is 2.86 bits per heavy atom. The van der Waals surface area contributed by atoms with Crippen molar-refractivity contribution in [1.82, 2.24) is 24.5 Å². The second kappa shape index (κ2) is 10.5. The summed E-state index contributed by atoms with van der Waals surface area (Å²) in [5.74, 6) is 0.552. The molecule has 13 heteroatoms. The van der Waals surface area contributed by atoms with Crippen LogP contribution in [-0.4, -0.2) is 49.3 Å². The van der Waals surface area contributed by atoms with Crippen LogP contribution in [0.4, 0.5) is 5.00 Å². The molecule has 0 radical (unpaired) electrons. The van der Waals surface area contributed by atoms with Gasteiger partial charge in [0.2, 0.25) is 5.91 Å². The van der Waals surface area contributed by atoms with Gasteiger partial charge in [0.05, 0.1) is 36.3 Å². The van der Waals surface area contributed by atoms with E-state index in [0.29, 0.717) is 44.6 Å². The average molecular weight is 547 g/mol. The highest BCUT2D eigenvalue weighted by Crippen LogP contribution is 2.38. The van der Waals surface area contributed by atoms with Crippen LogP contribution in [0.1, 0.15) is 39.4 Å². The summed E-state index contributed by atoms with van der Waals surface area (Å²) in [7, 11) is 3.13. The number of carbonyl (C=O) groups is 2. The van der Waals surface area contributed by atoms with Gasteiger partial charge < -0.3 is 14.5 Å². The lowest BCUT2D eigenvalue weighted by atomic mass is 9.95. The molecule has 0 fully saturated rings. The standard InChI is InChI=1S/C23H23ClN6O4S2/c1-29-11-15(24)19(28-29)20-26-27-23(30(20)10-13-6-5-9-34-13)35-12-17(31)25-21-18(22(32)33-2)14-7-3-4-8-16(14)36-21/h5-6,9,11H,3-4,7-8,10,12H2,1-2H3,(H,25,31). The molecule has 1 amide bonds. The van der Waals surface area contributed by atoms with E-state index in [-0.39, 0.29) is 11.7 Å². The van der Waals surface area contributed by atoms with Crippen molar-refractivity contribution >= 4 is 51.6 Å². The van der Waals surface area contributed by atoms with Crippen LogP contribution >= 0.6 is 34.7 Å². The van der Waals surface area contributed by atoms with E-state index in [2.05, 4.69) is 20.6 Å². The third-order valence-corrected chi connectivity index (χ3v) is 8.20. The molecule has 4 heterocycles. The Morgan fingerprint density at radius 2 is 2.14 bits per heavy atom. The van der Waals surface area contributed by atoms with E-state index in [1.165, 1.54) is 30.2 Å². The maximum absolute atomic E-state index is 12.9. The van der Waals surface area contributed by atoms with Crippen molar-refractivity contribution in [3.05, 3.63) is 51.4 Å². The zero-order valence-electron chi connectivity index (χ0n) is 19.6. The number of aromatic nitrogens is 5. The summed E-state index contributed by atoms with van der Waals surface area (Å²) >= 11 is 9.04. The van der Waals surface area contributed by atoms with Crippen LogP contribution in [0.25, 0.3) is 11.5 Å². The van der Waals surface area contributed by atoms with Gasteiger partial charge >= 0.3 is 5.97 Å². The molecule has 4 aromatic heterocycles. The van der Waals surface area contributed by atoms with Gasteiger partial charge in [0.15, 0.2) is 11.0 Å². The summed E-state index contributed by atoms with van der Waals surface area (Å²) in [6.45, 7) is 0.344. The summed E-state index contributed by atoms with van der Waals surface area (Å²) in [4.78, 5) is 26.5. The van der Waals surface area contributed by atoms with E-state index < -0.39 is 5.97 Å². The molecule has 188 valence electrons. The molecule has 0 saturated carbocycles. The Morgan fingerprint density at radius 1 is 1.31 bits per heavy atom. The normalized spacial score (nSPS) is 13.0. The number of nitrogens with one attached hydrogen (secondary N) is 1. The number of hydrogen-bond donors (Lipinski definition) is 1. The number of amides is 1. The van der Waals surface area contributed by atoms with E-state index >= 15 is 0 Å². The molecule has 0 saturated heterocycles. The maximum Gasteiger partial charge on any atom is 0.341 e. The fraction of sp³-hybridized carbons (Fsp3) is 0.348. The van der Waals surface area contributed by atoms with Crippen molar-refractivity contribution in [3.63, 3.8) is 0 Å². The van der Waals surface area contributed by atoms with Gasteiger partial charge in [-0.1, -0.05) is 23.4 Å². The molecule has 1 aliphatic carbocycles. The van der Waals surface area contributed by atoms with Gasteiger partial charge in [-0.2, -0.15) is 5.10 Å². The molecular weight excluding hydrogens is 524 g/mol. The fourth-order valence-electron chi connectivity index (χ4n) is 4.15. The number of thioether (sulfide) groups is 1. The first-order chi connectivity index (χ1) is 17.4. The lowest BCUT2D eigenvalue weighted by Crippen LogP contribution is -2.17. The predicted octanol–water partition coefficient (Wildman–Crippen LogP) is 4.43. The second-order valence-electron chi connectivity index (χ2n) is 8.21. The number of carbonyl (C=O) groups excluding carboxylic acids is 2. The number of aryl methyl sites for hydroxylation is 2. The van der Waals surface area contributed by atoms with E-state index in [1.807, 2.05) is 10.6 Å². The van der Waals surface area contributed by atoms with E-state index in [9.17, 15) is 9.59 Å². The van der Waals surface area contributed by atoms with Gasteiger partial charge in [0.25, 0.3) is 0 Å². The molecule has 10 nitrogen and oxygen atoms in total. The molecule has 0 aromatic carbocycles. The Hall–Kier alpha value is -3.09. The molecule has 0 aliphatic heterocycles. The number of rotatable bonds is 8. The zero-order chi connectivity index (χ0) is 25.2. The molecule has 5 rings (SSSR count). The van der Waals surface area contributed by atoms with Crippen LogP contribution in [0.3, 0.4) is 0 Å². The minimum atomic E-state index is -0.424. The van der Waals surface area contributed by atoms with E-state index in [1.54, 1.807) is 30.3 Å². The van der Waals surface area contributed by atoms with Gasteiger partial charge in [-0.25, -0.2) is 4.79 Å². The molecule has 1 N–H and O–H groups in total. The number of methoxy groups -OCH3 is 1. The van der Waals surface area contributed by atoms with E-state index in [0.717, 1.165) is 36.1 Å². The highest BCUT2D eigenvalue weighted by molar-refractivity contribution is 7.99. The van der Waals surface area contributed by atoms with Crippen molar-refractivity contribution in [3.8, 4) is 11.5 Å². The van der Waals surface area contributed by atoms with Crippen LogP contribution in [0.15, 0.2) is 34.2 Å². The molecule has 0 unspecified atom stereocenters. The van der Waals surface area contributed by atoms with Crippen LogP contribution in [0, 0.1) is 0 Å². The molecule has 36 heavy (non-hydrogen) atoms. The maximum atomic E-state index is 12.9. The van der Waals surface area contributed by atoms with Gasteiger partial charge in [-0.05, 0) is 43.4 Å². The predicted molar refractivity (Wildman–Crippen MR) is 137 cm³/mol. The first kappa shape index (κ1) is 24.6. The number of hydrogen-bond acceptors (Lipinski definition) is 9. The topological polar surface area (TPSA) is 117 Å². The molecule has 0 atom stereocenters. The van der Waals surface area contributed by atoms with Crippen LogP contribution in [-0.2, 0) is 36.0 Å². The van der Waals surface area contributed by atoms with Crippen LogP contribution < -0.4 is 5.32 Å². The highest BCUT2D eigenvalue weighted by Gasteiger charge is 2.27. The zero-order valence-corrected chi connectivity index (χ0v) is 22.0. The Kier molecular flexibility index (Phi) is 7.17. The number of esters is 1. The number of nitrogens with zero attached hydrogens (tertiary/aromatic N) is 5. The number of halogens is 1. The highest BCUT2D eigenvalue weighted by atomic mass is 35.5. The largest absolute Gasteiger partial charge is 0.467 e. The van der Waals surface area contributed by atoms with Gasteiger partial charge in [-0.15, -0.1) is 21.5 Å². The molecule has 1 aliphatic rings. The summed E-state index contributed by atoms with van der Waals surface area (Å²) in [6.07, 6.45) is 7.09. The van der Waals surface area contributed by atoms with Gasteiger partial charge in [0, 0.05) is 18.1 Å². The number of ether oxygens (including phenoxy) is 1. The Labute approximate surface area is 220 Å². The Balaban J connectivity index is 1.36. The third-order valence-electron chi connectivity index (χ3n) is 5.75. The number of thiophene rings is 1. The smallest absolute Gasteiger partial charge is 0.341 e. The minimum absolute atomic E-state index is 0.0649. The van der Waals surface area contributed by atoms with Crippen molar-refractivity contribution in [2.75, 3.05) is 18.2 Å². The Bertz CT molecular complexity index is 1410. The van der Waals surface area contributed by atoms with Crippen LogP contribution in [0.5, 0.6) is 0 Å². The van der Waals surface area contributed by atoms with Crippen molar-refractivity contribution in [1.29, 1.82) is 0 Å². The lowest BCUT2D eigenvalue weighted by Gasteiger charge is -2.11. The second-order valence-corrected chi connectivity index (χ2v) is 10.7. The SMILES string of the molecule is COC(=O)c1c(NC(=O)CSc2nnc(-c3nn(C)cc3Cl)n2Cc2ccco2)sc2c1CCCC2. The first-order valence-corrected chi connectivity index (χ1v) is 13.4. The first-order valence-electron chi connectivity index (χ1n) is 11.2. The number of anilines is 1. The summed E-state index contributed by atoms with van der Waals surface area (Å²) in [6, 6.07) is 3.64. The molecule has 0 spiro atoms.